The minimum absolute atomic E-state index is 0.0408. The predicted octanol–water partition coefficient (Wildman–Crippen LogP) is 5.51. The van der Waals surface area contributed by atoms with Gasteiger partial charge in [0, 0.05) is 29.6 Å². The summed E-state index contributed by atoms with van der Waals surface area (Å²) in [6, 6.07) is 24.5. The minimum atomic E-state index is -0.304. The van der Waals surface area contributed by atoms with E-state index >= 15 is 0 Å². The highest BCUT2D eigenvalue weighted by atomic mass is 16.2. The second-order valence-corrected chi connectivity index (χ2v) is 8.85. The van der Waals surface area contributed by atoms with Gasteiger partial charge in [-0.3, -0.25) is 9.59 Å². The molecule has 1 aliphatic carbocycles. The molecule has 1 saturated carbocycles. The number of rotatable bonds is 7. The number of benzene rings is 3. The van der Waals surface area contributed by atoms with Crippen LogP contribution in [-0.2, 0) is 0 Å². The monoisotopic (exact) mass is 462 g/mol. The van der Waals surface area contributed by atoms with Crippen molar-refractivity contribution in [1.82, 2.24) is 15.3 Å². The third-order valence-corrected chi connectivity index (χ3v) is 6.12. The van der Waals surface area contributed by atoms with Crippen LogP contribution < -0.4 is 10.6 Å². The molecule has 0 radical (unpaired) electrons. The van der Waals surface area contributed by atoms with E-state index in [-0.39, 0.29) is 11.8 Å². The molecule has 0 saturated heterocycles. The Bertz CT molecular complexity index is 1360. The molecular formula is C29H26N4O2. The van der Waals surface area contributed by atoms with Gasteiger partial charge in [0.15, 0.2) is 5.82 Å². The lowest BCUT2D eigenvalue weighted by atomic mass is 9.98. The maximum absolute atomic E-state index is 12.9. The molecule has 35 heavy (non-hydrogen) atoms. The Morgan fingerprint density at radius 2 is 1.66 bits per heavy atom. The number of nitrogens with zero attached hydrogens (tertiary/aromatic N) is 2. The van der Waals surface area contributed by atoms with Crippen LogP contribution in [0.3, 0.4) is 0 Å². The molecule has 174 valence electrons. The lowest BCUT2D eigenvalue weighted by molar-refractivity contribution is 0.0951. The number of amides is 2. The molecule has 2 N–H and O–H groups in total. The minimum Gasteiger partial charge on any atom is -0.352 e. The maximum atomic E-state index is 12.9. The summed E-state index contributed by atoms with van der Waals surface area (Å²) in [5, 5.41) is 5.94. The predicted molar refractivity (Wildman–Crippen MR) is 137 cm³/mol. The lowest BCUT2D eigenvalue weighted by Gasteiger charge is -2.12. The summed E-state index contributed by atoms with van der Waals surface area (Å²) in [4.78, 5) is 34.0. The highest BCUT2D eigenvalue weighted by Crippen LogP contribution is 2.29. The first kappa shape index (κ1) is 22.5. The molecule has 6 heteroatoms. The molecule has 0 atom stereocenters. The van der Waals surface area contributed by atoms with E-state index in [1.807, 2.05) is 79.7 Å². The Hall–Kier alpha value is -4.32. The molecule has 1 heterocycles. The smallest absolute Gasteiger partial charge is 0.274 e. The first-order chi connectivity index (χ1) is 17.1. The van der Waals surface area contributed by atoms with Gasteiger partial charge in [-0.05, 0) is 72.7 Å². The summed E-state index contributed by atoms with van der Waals surface area (Å²) < 4.78 is 0. The fourth-order valence-electron chi connectivity index (χ4n) is 3.88. The molecule has 6 nitrogen and oxygen atoms in total. The summed E-state index contributed by atoms with van der Waals surface area (Å²) >= 11 is 0. The quantitative estimate of drug-likeness (QED) is 0.379. The van der Waals surface area contributed by atoms with Crippen molar-refractivity contribution in [2.75, 3.05) is 11.9 Å². The van der Waals surface area contributed by atoms with E-state index < -0.39 is 0 Å². The van der Waals surface area contributed by atoms with Crippen LogP contribution in [0.25, 0.3) is 22.5 Å². The molecule has 1 aliphatic rings. The van der Waals surface area contributed by atoms with Crippen molar-refractivity contribution in [3.63, 3.8) is 0 Å². The summed E-state index contributed by atoms with van der Waals surface area (Å²) in [6.45, 7) is 2.77. The number of nitrogens with one attached hydrogen (secondary N) is 2. The molecule has 1 fully saturated rings. The number of anilines is 1. The zero-order valence-corrected chi connectivity index (χ0v) is 19.5. The molecule has 4 aromatic rings. The number of carbonyl (C=O) groups is 2. The molecule has 0 spiro atoms. The van der Waals surface area contributed by atoms with Crippen molar-refractivity contribution in [3.8, 4) is 22.5 Å². The van der Waals surface area contributed by atoms with Crippen LogP contribution in [0.2, 0.25) is 0 Å². The summed E-state index contributed by atoms with van der Waals surface area (Å²) in [5.41, 5.74) is 5.50. The first-order valence-corrected chi connectivity index (χ1v) is 11.8. The van der Waals surface area contributed by atoms with Crippen LogP contribution in [-0.4, -0.2) is 28.3 Å². The molecule has 0 aliphatic heterocycles. The number of aryl methyl sites for hydroxylation is 1. The second-order valence-electron chi connectivity index (χ2n) is 8.85. The zero-order valence-electron chi connectivity index (χ0n) is 19.5. The third-order valence-electron chi connectivity index (χ3n) is 6.12. The maximum Gasteiger partial charge on any atom is 0.274 e. The van der Waals surface area contributed by atoms with Crippen LogP contribution in [0.15, 0.2) is 85.1 Å². The van der Waals surface area contributed by atoms with E-state index in [2.05, 4.69) is 20.6 Å². The number of aromatic nitrogens is 2. The largest absolute Gasteiger partial charge is 0.352 e. The Morgan fingerprint density at radius 3 is 2.40 bits per heavy atom. The summed E-state index contributed by atoms with van der Waals surface area (Å²) in [6.07, 6.45) is 4.00. The van der Waals surface area contributed by atoms with Crippen LogP contribution in [0.4, 0.5) is 5.69 Å². The van der Waals surface area contributed by atoms with Gasteiger partial charge in [-0.1, -0.05) is 48.5 Å². The van der Waals surface area contributed by atoms with Crippen LogP contribution in [0, 0.1) is 12.8 Å². The van der Waals surface area contributed by atoms with Gasteiger partial charge in [0.1, 0.15) is 5.69 Å². The standard InChI is InChI=1S/C29H26N4O2/c1-19-7-14-24(32-29(35)26-15-16-30-27(33-26)22-5-3-2-4-6-22)17-25(19)21-10-12-23(13-11-21)28(34)31-18-20-8-9-20/h2-7,10-17,20H,8-9,18H2,1H3,(H,31,34)(H,32,35). The summed E-state index contributed by atoms with van der Waals surface area (Å²) in [7, 11) is 0. The molecular weight excluding hydrogens is 436 g/mol. The van der Waals surface area contributed by atoms with E-state index in [4.69, 9.17) is 0 Å². The van der Waals surface area contributed by atoms with Gasteiger partial charge in [0.25, 0.3) is 11.8 Å². The van der Waals surface area contributed by atoms with E-state index in [1.54, 1.807) is 12.3 Å². The van der Waals surface area contributed by atoms with Gasteiger partial charge < -0.3 is 10.6 Å². The molecule has 0 bridgehead atoms. The van der Waals surface area contributed by atoms with Gasteiger partial charge in [-0.15, -0.1) is 0 Å². The van der Waals surface area contributed by atoms with Crippen molar-refractivity contribution in [3.05, 3.63) is 102 Å². The molecule has 2 amide bonds. The number of hydrogen-bond acceptors (Lipinski definition) is 4. The van der Waals surface area contributed by atoms with Gasteiger partial charge in [0.2, 0.25) is 0 Å². The van der Waals surface area contributed by atoms with Crippen molar-refractivity contribution in [1.29, 1.82) is 0 Å². The molecule has 5 rings (SSSR count). The average molecular weight is 463 g/mol. The normalized spacial score (nSPS) is 12.7. The first-order valence-electron chi connectivity index (χ1n) is 11.8. The van der Waals surface area contributed by atoms with Crippen molar-refractivity contribution in [2.45, 2.75) is 19.8 Å². The molecule has 0 unspecified atom stereocenters. The second kappa shape index (κ2) is 9.89. The highest BCUT2D eigenvalue weighted by Gasteiger charge is 2.21. The topological polar surface area (TPSA) is 84.0 Å². The number of carbonyl (C=O) groups excluding carboxylic acids is 2. The lowest BCUT2D eigenvalue weighted by Crippen LogP contribution is -2.25. The molecule has 1 aromatic heterocycles. The van der Waals surface area contributed by atoms with Gasteiger partial charge in [-0.25, -0.2) is 9.97 Å². The molecule has 3 aromatic carbocycles. The fraction of sp³-hybridized carbons (Fsp3) is 0.172. The van der Waals surface area contributed by atoms with E-state index in [9.17, 15) is 9.59 Å². The Balaban J connectivity index is 1.31. The number of hydrogen-bond donors (Lipinski definition) is 2. The third kappa shape index (κ3) is 5.44. The van der Waals surface area contributed by atoms with E-state index in [1.165, 1.54) is 12.8 Å². The van der Waals surface area contributed by atoms with Crippen molar-refractivity contribution in [2.24, 2.45) is 5.92 Å². The Labute approximate surface area is 204 Å². The average Bonchev–Trinajstić information content (AvgIpc) is 3.74. The summed E-state index contributed by atoms with van der Waals surface area (Å²) in [5.74, 6) is 0.804. The van der Waals surface area contributed by atoms with Crippen molar-refractivity contribution < 1.29 is 9.59 Å². The van der Waals surface area contributed by atoms with Crippen LogP contribution in [0.5, 0.6) is 0 Å². The zero-order chi connectivity index (χ0) is 24.2. The van der Waals surface area contributed by atoms with Crippen LogP contribution in [0.1, 0.15) is 39.3 Å². The Morgan fingerprint density at radius 1 is 0.886 bits per heavy atom. The van der Waals surface area contributed by atoms with Gasteiger partial charge >= 0.3 is 0 Å². The fourth-order valence-corrected chi connectivity index (χ4v) is 3.88. The SMILES string of the molecule is Cc1ccc(NC(=O)c2ccnc(-c3ccccc3)n2)cc1-c1ccc(C(=O)NCC2CC2)cc1. The highest BCUT2D eigenvalue weighted by molar-refractivity contribution is 6.03. The van der Waals surface area contributed by atoms with Crippen molar-refractivity contribution >= 4 is 17.5 Å². The van der Waals surface area contributed by atoms with Gasteiger partial charge in [0.05, 0.1) is 0 Å². The van der Waals surface area contributed by atoms with Crippen LogP contribution >= 0.6 is 0 Å². The van der Waals surface area contributed by atoms with Gasteiger partial charge in [-0.2, -0.15) is 0 Å². The Kier molecular flexibility index (Phi) is 6.35. The van der Waals surface area contributed by atoms with E-state index in [0.29, 0.717) is 28.7 Å². The van der Waals surface area contributed by atoms with E-state index in [0.717, 1.165) is 28.8 Å².